The van der Waals surface area contributed by atoms with Gasteiger partial charge in [-0.05, 0) is 68.4 Å². The van der Waals surface area contributed by atoms with Crippen molar-refractivity contribution < 1.29 is 19.1 Å². The number of ether oxygens (including phenoxy) is 2. The van der Waals surface area contributed by atoms with Crippen LogP contribution in [0.15, 0.2) is 48.8 Å². The normalized spacial score (nSPS) is 24.5. The SMILES string of the molecule is COC(=O)N1CC[C@@H]2[C@H]1CCC[C@]2(C#Cc1cccc(C)c1)OC(=O)c1ccncc1. The van der Waals surface area contributed by atoms with E-state index in [0.29, 0.717) is 24.9 Å². The van der Waals surface area contributed by atoms with Gasteiger partial charge < -0.3 is 14.4 Å². The van der Waals surface area contributed by atoms with Crippen molar-refractivity contribution in [1.29, 1.82) is 0 Å². The van der Waals surface area contributed by atoms with Gasteiger partial charge in [-0.3, -0.25) is 4.98 Å². The molecule has 0 spiro atoms. The van der Waals surface area contributed by atoms with Crippen molar-refractivity contribution in [3.05, 3.63) is 65.5 Å². The second-order valence-electron chi connectivity index (χ2n) is 8.15. The summed E-state index contributed by atoms with van der Waals surface area (Å²) in [5.74, 6) is 6.11. The number of carbonyl (C=O) groups is 2. The van der Waals surface area contributed by atoms with Crippen LogP contribution in [0.2, 0.25) is 0 Å². The molecule has 2 fully saturated rings. The van der Waals surface area contributed by atoms with Crippen LogP contribution < -0.4 is 0 Å². The van der Waals surface area contributed by atoms with Crippen molar-refractivity contribution in [3.63, 3.8) is 0 Å². The lowest BCUT2D eigenvalue weighted by atomic mass is 9.72. The predicted octanol–water partition coefficient (Wildman–Crippen LogP) is 3.98. The van der Waals surface area contributed by atoms with Crippen LogP contribution in [0, 0.1) is 24.7 Å². The molecule has 1 aromatic carbocycles. The maximum absolute atomic E-state index is 13.0. The van der Waals surface area contributed by atoms with E-state index in [1.807, 2.05) is 31.2 Å². The molecule has 0 bridgehead atoms. The zero-order valence-electron chi connectivity index (χ0n) is 17.8. The summed E-state index contributed by atoms with van der Waals surface area (Å²) in [4.78, 5) is 31.0. The minimum Gasteiger partial charge on any atom is -0.453 e. The van der Waals surface area contributed by atoms with Gasteiger partial charge >= 0.3 is 12.1 Å². The lowest BCUT2D eigenvalue weighted by Gasteiger charge is -2.42. The van der Waals surface area contributed by atoms with Crippen molar-refractivity contribution in [3.8, 4) is 11.8 Å². The predicted molar refractivity (Wildman–Crippen MR) is 115 cm³/mol. The number of amides is 1. The molecule has 2 heterocycles. The number of nitrogens with zero attached hydrogens (tertiary/aromatic N) is 2. The number of aromatic nitrogens is 1. The maximum atomic E-state index is 13.0. The van der Waals surface area contributed by atoms with Gasteiger partial charge in [0, 0.05) is 36.5 Å². The number of carbonyl (C=O) groups excluding carboxylic acids is 2. The van der Waals surface area contributed by atoms with Crippen LogP contribution in [-0.2, 0) is 9.47 Å². The fraction of sp³-hybridized carbons (Fsp3) is 0.400. The number of esters is 1. The number of methoxy groups -OCH3 is 1. The molecule has 1 saturated carbocycles. The number of fused-ring (bicyclic) bond motifs is 1. The third kappa shape index (κ3) is 4.27. The van der Waals surface area contributed by atoms with Crippen LogP contribution in [0.1, 0.15) is 47.2 Å². The first kappa shape index (κ1) is 20.9. The molecule has 31 heavy (non-hydrogen) atoms. The van der Waals surface area contributed by atoms with E-state index >= 15 is 0 Å². The monoisotopic (exact) mass is 418 g/mol. The Kier molecular flexibility index (Phi) is 5.94. The molecule has 1 amide bonds. The average molecular weight is 418 g/mol. The Balaban J connectivity index is 1.71. The first-order valence-electron chi connectivity index (χ1n) is 10.6. The zero-order valence-corrected chi connectivity index (χ0v) is 17.8. The maximum Gasteiger partial charge on any atom is 0.409 e. The first-order valence-corrected chi connectivity index (χ1v) is 10.6. The van der Waals surface area contributed by atoms with Crippen LogP contribution in [0.4, 0.5) is 4.79 Å². The first-order chi connectivity index (χ1) is 15.0. The van der Waals surface area contributed by atoms with E-state index in [9.17, 15) is 9.59 Å². The van der Waals surface area contributed by atoms with Crippen LogP contribution in [-0.4, -0.2) is 47.2 Å². The summed E-state index contributed by atoms with van der Waals surface area (Å²) in [6.07, 6.45) is 5.81. The van der Waals surface area contributed by atoms with Crippen LogP contribution >= 0.6 is 0 Å². The molecule has 2 aromatic rings. The third-order valence-electron chi connectivity index (χ3n) is 6.23. The molecule has 1 aliphatic carbocycles. The van der Waals surface area contributed by atoms with E-state index in [1.165, 1.54) is 7.11 Å². The second-order valence-corrected chi connectivity index (χ2v) is 8.15. The lowest BCUT2D eigenvalue weighted by molar-refractivity contribution is -0.0445. The number of benzene rings is 1. The van der Waals surface area contributed by atoms with Gasteiger partial charge in [0.1, 0.15) is 0 Å². The highest BCUT2D eigenvalue weighted by molar-refractivity contribution is 5.89. The molecular weight excluding hydrogens is 392 g/mol. The Morgan fingerprint density at radius 3 is 2.74 bits per heavy atom. The average Bonchev–Trinajstić information content (AvgIpc) is 3.23. The number of pyridine rings is 1. The minimum atomic E-state index is -0.963. The number of hydrogen-bond acceptors (Lipinski definition) is 5. The second kappa shape index (κ2) is 8.81. The highest BCUT2D eigenvalue weighted by Gasteiger charge is 2.53. The molecule has 0 radical (unpaired) electrons. The third-order valence-corrected chi connectivity index (χ3v) is 6.23. The largest absolute Gasteiger partial charge is 0.453 e. The minimum absolute atomic E-state index is 0.0572. The summed E-state index contributed by atoms with van der Waals surface area (Å²) in [7, 11) is 1.40. The zero-order chi connectivity index (χ0) is 21.8. The van der Waals surface area contributed by atoms with Gasteiger partial charge in [-0.1, -0.05) is 18.1 Å². The Morgan fingerprint density at radius 1 is 1.19 bits per heavy atom. The number of hydrogen-bond donors (Lipinski definition) is 0. The van der Waals surface area contributed by atoms with E-state index in [1.54, 1.807) is 29.4 Å². The molecule has 1 saturated heterocycles. The van der Waals surface area contributed by atoms with Crippen LogP contribution in [0.3, 0.4) is 0 Å². The Labute approximate surface area is 182 Å². The summed E-state index contributed by atoms with van der Waals surface area (Å²) in [6.45, 7) is 2.59. The summed E-state index contributed by atoms with van der Waals surface area (Å²) in [5.41, 5.74) is 1.48. The molecule has 2 aliphatic rings. The summed E-state index contributed by atoms with van der Waals surface area (Å²) in [6, 6.07) is 11.2. The van der Waals surface area contributed by atoms with Gasteiger partial charge in [0.05, 0.1) is 12.7 Å². The lowest BCUT2D eigenvalue weighted by Crippen LogP contribution is -2.51. The molecule has 4 rings (SSSR count). The molecule has 0 N–H and O–H groups in total. The van der Waals surface area contributed by atoms with Gasteiger partial charge in [0.25, 0.3) is 0 Å². The summed E-state index contributed by atoms with van der Waals surface area (Å²) in [5, 5.41) is 0. The van der Waals surface area contributed by atoms with E-state index in [0.717, 1.165) is 24.0 Å². The highest BCUT2D eigenvalue weighted by Crippen LogP contribution is 2.45. The van der Waals surface area contributed by atoms with E-state index in [4.69, 9.17) is 9.47 Å². The number of likely N-dealkylation sites (tertiary alicyclic amines) is 1. The molecule has 160 valence electrons. The molecule has 6 nitrogen and oxygen atoms in total. The summed E-state index contributed by atoms with van der Waals surface area (Å²) >= 11 is 0. The number of aryl methyl sites for hydroxylation is 1. The van der Waals surface area contributed by atoms with Crippen molar-refractivity contribution in [1.82, 2.24) is 9.88 Å². The van der Waals surface area contributed by atoms with Gasteiger partial charge in [-0.2, -0.15) is 0 Å². The summed E-state index contributed by atoms with van der Waals surface area (Å²) < 4.78 is 11.2. The van der Waals surface area contributed by atoms with Crippen molar-refractivity contribution in [2.24, 2.45) is 5.92 Å². The fourth-order valence-corrected chi connectivity index (χ4v) is 4.78. The Morgan fingerprint density at radius 2 is 2.00 bits per heavy atom. The van der Waals surface area contributed by atoms with Gasteiger partial charge in [0.15, 0.2) is 5.60 Å². The topological polar surface area (TPSA) is 68.7 Å². The smallest absolute Gasteiger partial charge is 0.409 e. The van der Waals surface area contributed by atoms with Gasteiger partial charge in [0.2, 0.25) is 0 Å². The molecule has 6 heteroatoms. The van der Waals surface area contributed by atoms with Crippen LogP contribution in [0.5, 0.6) is 0 Å². The fourth-order valence-electron chi connectivity index (χ4n) is 4.78. The van der Waals surface area contributed by atoms with Gasteiger partial charge in [-0.15, -0.1) is 0 Å². The van der Waals surface area contributed by atoms with Crippen molar-refractivity contribution in [2.45, 2.75) is 44.2 Å². The highest BCUT2D eigenvalue weighted by atomic mass is 16.6. The molecule has 1 aliphatic heterocycles. The van der Waals surface area contributed by atoms with E-state index < -0.39 is 11.6 Å². The molecule has 1 aromatic heterocycles. The Hall–Kier alpha value is -3.33. The van der Waals surface area contributed by atoms with E-state index in [2.05, 4.69) is 16.8 Å². The molecule has 0 unspecified atom stereocenters. The van der Waals surface area contributed by atoms with Crippen LogP contribution in [0.25, 0.3) is 0 Å². The van der Waals surface area contributed by atoms with Gasteiger partial charge in [-0.25, -0.2) is 9.59 Å². The van der Waals surface area contributed by atoms with E-state index in [-0.39, 0.29) is 18.1 Å². The molecular formula is C25H26N2O4. The Bertz CT molecular complexity index is 1030. The van der Waals surface area contributed by atoms with Crippen molar-refractivity contribution >= 4 is 12.1 Å². The quantitative estimate of drug-likeness (QED) is 0.545. The van der Waals surface area contributed by atoms with Crippen molar-refractivity contribution in [2.75, 3.05) is 13.7 Å². The molecule has 3 atom stereocenters. The standard InChI is InChI=1S/C25H26N2O4/c1-18-5-3-6-19(17-18)8-13-25(31-23(28)20-9-14-26-15-10-20)12-4-7-22-21(25)11-16-27(22)24(29)30-2/h3,5-6,9-10,14-15,17,21-22H,4,7,11-12,16H2,1-2H3/t21-,22-,25-/m1/s1. The number of rotatable bonds is 2.